The summed E-state index contributed by atoms with van der Waals surface area (Å²) in [5, 5.41) is 15.9. The molecule has 4 N–H and O–H groups in total. The SMILES string of the molecule is CCSC1CCC(NCC(C)C(N)=NO)C1. The number of amidine groups is 1. The molecule has 4 nitrogen and oxygen atoms in total. The van der Waals surface area contributed by atoms with Crippen LogP contribution in [0, 0.1) is 5.92 Å². The molecule has 0 amide bonds. The molecule has 0 aromatic heterocycles. The molecule has 94 valence electrons. The number of hydrogen-bond donors (Lipinski definition) is 3. The molecule has 3 unspecified atom stereocenters. The molecular weight excluding hydrogens is 222 g/mol. The molecule has 0 aliphatic heterocycles. The van der Waals surface area contributed by atoms with Gasteiger partial charge in [0, 0.05) is 23.8 Å². The molecule has 1 aliphatic rings. The van der Waals surface area contributed by atoms with Crippen LogP contribution < -0.4 is 11.1 Å². The molecule has 16 heavy (non-hydrogen) atoms. The van der Waals surface area contributed by atoms with Crippen molar-refractivity contribution in [1.82, 2.24) is 5.32 Å². The Labute approximate surface area is 102 Å². The highest BCUT2D eigenvalue weighted by atomic mass is 32.2. The molecule has 5 heteroatoms. The fourth-order valence-electron chi connectivity index (χ4n) is 2.06. The second-order valence-corrected chi connectivity index (χ2v) is 6.00. The first kappa shape index (κ1) is 13.6. The zero-order valence-electron chi connectivity index (χ0n) is 10.1. The maximum Gasteiger partial charge on any atom is 0.143 e. The van der Waals surface area contributed by atoms with E-state index in [0.717, 1.165) is 11.8 Å². The van der Waals surface area contributed by atoms with Crippen LogP contribution in [0.2, 0.25) is 0 Å². The first-order valence-electron chi connectivity index (χ1n) is 5.99. The van der Waals surface area contributed by atoms with Crippen LogP contribution in [0.25, 0.3) is 0 Å². The van der Waals surface area contributed by atoms with Crippen molar-refractivity contribution >= 4 is 17.6 Å². The third-order valence-corrected chi connectivity index (χ3v) is 4.35. The predicted octanol–water partition coefficient (Wildman–Crippen LogP) is 1.63. The highest BCUT2D eigenvalue weighted by molar-refractivity contribution is 7.99. The van der Waals surface area contributed by atoms with Crippen molar-refractivity contribution in [2.75, 3.05) is 12.3 Å². The van der Waals surface area contributed by atoms with Gasteiger partial charge in [0.15, 0.2) is 0 Å². The van der Waals surface area contributed by atoms with Crippen LogP contribution in [0.15, 0.2) is 5.16 Å². The van der Waals surface area contributed by atoms with Gasteiger partial charge in [-0.15, -0.1) is 0 Å². The minimum atomic E-state index is 0.0999. The molecule has 0 aromatic rings. The van der Waals surface area contributed by atoms with Crippen LogP contribution >= 0.6 is 11.8 Å². The lowest BCUT2D eigenvalue weighted by Gasteiger charge is -2.16. The van der Waals surface area contributed by atoms with Gasteiger partial charge in [-0.2, -0.15) is 11.8 Å². The van der Waals surface area contributed by atoms with Crippen molar-refractivity contribution in [1.29, 1.82) is 0 Å². The van der Waals surface area contributed by atoms with Gasteiger partial charge in [-0.05, 0) is 25.0 Å². The van der Waals surface area contributed by atoms with Crippen LogP contribution in [-0.4, -0.2) is 34.6 Å². The molecule has 0 radical (unpaired) electrons. The first-order valence-corrected chi connectivity index (χ1v) is 7.04. The quantitative estimate of drug-likeness (QED) is 0.288. The van der Waals surface area contributed by atoms with Crippen molar-refractivity contribution in [3.63, 3.8) is 0 Å². The van der Waals surface area contributed by atoms with Gasteiger partial charge >= 0.3 is 0 Å². The van der Waals surface area contributed by atoms with Crippen molar-refractivity contribution in [2.24, 2.45) is 16.8 Å². The van der Waals surface area contributed by atoms with Gasteiger partial charge in [0.25, 0.3) is 0 Å². The van der Waals surface area contributed by atoms with Gasteiger partial charge in [0.1, 0.15) is 5.84 Å². The summed E-state index contributed by atoms with van der Waals surface area (Å²) in [5.74, 6) is 1.62. The van der Waals surface area contributed by atoms with Gasteiger partial charge in [0.2, 0.25) is 0 Å². The van der Waals surface area contributed by atoms with Crippen LogP contribution in [-0.2, 0) is 0 Å². The van der Waals surface area contributed by atoms with E-state index >= 15 is 0 Å². The zero-order chi connectivity index (χ0) is 12.0. The number of hydrogen-bond acceptors (Lipinski definition) is 4. The summed E-state index contributed by atoms with van der Waals surface area (Å²) in [4.78, 5) is 0. The Kier molecular flexibility index (Phi) is 5.98. The summed E-state index contributed by atoms with van der Waals surface area (Å²) in [7, 11) is 0. The molecule has 0 aromatic carbocycles. The summed E-state index contributed by atoms with van der Waals surface area (Å²) in [6.45, 7) is 4.98. The second-order valence-electron chi connectivity index (χ2n) is 4.42. The van der Waals surface area contributed by atoms with E-state index in [1.54, 1.807) is 0 Å². The third kappa shape index (κ3) is 4.22. The maximum absolute atomic E-state index is 8.54. The monoisotopic (exact) mass is 245 g/mol. The normalized spacial score (nSPS) is 28.2. The summed E-state index contributed by atoms with van der Waals surface area (Å²) in [5.41, 5.74) is 5.53. The summed E-state index contributed by atoms with van der Waals surface area (Å²) in [6.07, 6.45) is 3.82. The van der Waals surface area contributed by atoms with E-state index in [0.29, 0.717) is 11.9 Å². The fraction of sp³-hybridized carbons (Fsp3) is 0.909. The Morgan fingerprint density at radius 1 is 1.62 bits per heavy atom. The summed E-state index contributed by atoms with van der Waals surface area (Å²) < 4.78 is 0. The highest BCUT2D eigenvalue weighted by Crippen LogP contribution is 2.29. The lowest BCUT2D eigenvalue weighted by atomic mass is 10.1. The molecule has 1 rings (SSSR count). The Bertz CT molecular complexity index is 235. The molecule has 3 atom stereocenters. The molecule has 0 saturated heterocycles. The topological polar surface area (TPSA) is 70.6 Å². The number of nitrogens with zero attached hydrogens (tertiary/aromatic N) is 1. The highest BCUT2D eigenvalue weighted by Gasteiger charge is 2.24. The average Bonchev–Trinajstić information content (AvgIpc) is 2.73. The number of nitrogens with one attached hydrogen (secondary N) is 1. The first-order chi connectivity index (χ1) is 7.67. The zero-order valence-corrected chi connectivity index (χ0v) is 11.0. The lowest BCUT2D eigenvalue weighted by Crippen LogP contribution is -2.36. The average molecular weight is 245 g/mol. The molecule has 1 aliphatic carbocycles. The van der Waals surface area contributed by atoms with Gasteiger partial charge < -0.3 is 16.3 Å². The maximum atomic E-state index is 8.54. The minimum Gasteiger partial charge on any atom is -0.409 e. The van der Waals surface area contributed by atoms with E-state index in [-0.39, 0.29) is 5.92 Å². The fourth-order valence-corrected chi connectivity index (χ4v) is 3.20. The van der Waals surface area contributed by atoms with Crippen molar-refractivity contribution in [2.45, 2.75) is 44.4 Å². The Morgan fingerprint density at radius 2 is 2.38 bits per heavy atom. The molecule has 0 heterocycles. The smallest absolute Gasteiger partial charge is 0.143 e. The number of rotatable bonds is 6. The van der Waals surface area contributed by atoms with Gasteiger partial charge in [-0.1, -0.05) is 19.0 Å². The van der Waals surface area contributed by atoms with Crippen LogP contribution in [0.4, 0.5) is 0 Å². The lowest BCUT2D eigenvalue weighted by molar-refractivity contribution is 0.313. The van der Waals surface area contributed by atoms with E-state index in [1.807, 2.05) is 6.92 Å². The number of thioether (sulfide) groups is 1. The van der Waals surface area contributed by atoms with E-state index in [1.165, 1.54) is 25.0 Å². The Hall–Kier alpha value is -0.420. The van der Waals surface area contributed by atoms with Gasteiger partial charge in [0.05, 0.1) is 0 Å². The van der Waals surface area contributed by atoms with E-state index < -0.39 is 0 Å². The molecule has 0 spiro atoms. The van der Waals surface area contributed by atoms with Gasteiger partial charge in [-0.3, -0.25) is 0 Å². The molecule has 0 bridgehead atoms. The summed E-state index contributed by atoms with van der Waals surface area (Å²) in [6, 6.07) is 0.609. The summed E-state index contributed by atoms with van der Waals surface area (Å²) >= 11 is 2.06. The Balaban J connectivity index is 2.20. The second kappa shape index (κ2) is 7.01. The van der Waals surface area contributed by atoms with Crippen LogP contribution in [0.3, 0.4) is 0 Å². The number of nitrogens with two attached hydrogens (primary N) is 1. The molecular formula is C11H23N3OS. The number of oxime groups is 1. The standard InChI is InChI=1S/C11H23N3OS/c1-3-16-10-5-4-9(6-10)13-7-8(2)11(12)14-15/h8-10,13,15H,3-7H2,1-2H3,(H2,12,14). The minimum absolute atomic E-state index is 0.0999. The van der Waals surface area contributed by atoms with Crippen molar-refractivity contribution < 1.29 is 5.21 Å². The third-order valence-electron chi connectivity index (χ3n) is 3.12. The predicted molar refractivity (Wildman–Crippen MR) is 70.1 cm³/mol. The van der Waals surface area contributed by atoms with Crippen molar-refractivity contribution in [3.8, 4) is 0 Å². The van der Waals surface area contributed by atoms with E-state index in [4.69, 9.17) is 10.9 Å². The largest absolute Gasteiger partial charge is 0.409 e. The molecule has 1 saturated carbocycles. The van der Waals surface area contributed by atoms with Gasteiger partial charge in [-0.25, -0.2) is 0 Å². The van der Waals surface area contributed by atoms with Crippen LogP contribution in [0.1, 0.15) is 33.1 Å². The van der Waals surface area contributed by atoms with Crippen LogP contribution in [0.5, 0.6) is 0 Å². The van der Waals surface area contributed by atoms with E-state index in [9.17, 15) is 0 Å². The van der Waals surface area contributed by atoms with E-state index in [2.05, 4.69) is 29.2 Å². The Morgan fingerprint density at radius 3 is 3.00 bits per heavy atom. The molecule has 1 fully saturated rings. The van der Waals surface area contributed by atoms with Crippen molar-refractivity contribution in [3.05, 3.63) is 0 Å².